The first-order valence-electron chi connectivity index (χ1n) is 7.43. The van der Waals surface area contributed by atoms with E-state index >= 15 is 0 Å². The van der Waals surface area contributed by atoms with Crippen molar-refractivity contribution in [1.82, 2.24) is 5.32 Å². The van der Waals surface area contributed by atoms with Crippen LogP contribution in [0.3, 0.4) is 0 Å². The van der Waals surface area contributed by atoms with E-state index < -0.39 is 6.10 Å². The quantitative estimate of drug-likeness (QED) is 0.763. The fourth-order valence-corrected chi connectivity index (χ4v) is 2.63. The number of hydrogen-bond acceptors (Lipinski definition) is 5. The molecule has 1 aliphatic rings. The van der Waals surface area contributed by atoms with E-state index in [9.17, 15) is 5.11 Å². The Bertz CT molecular complexity index is 426. The number of aliphatic hydroxyl groups is 1. The Kier molecular flexibility index (Phi) is 6.29. The molecule has 1 saturated carbocycles. The first-order chi connectivity index (χ1) is 10.2. The molecular weight excluding hydrogens is 270 g/mol. The van der Waals surface area contributed by atoms with Gasteiger partial charge in [0.25, 0.3) is 0 Å². The van der Waals surface area contributed by atoms with Gasteiger partial charge in [0, 0.05) is 19.7 Å². The summed E-state index contributed by atoms with van der Waals surface area (Å²) in [6.07, 6.45) is 3.00. The Morgan fingerprint density at radius 1 is 1.24 bits per heavy atom. The van der Waals surface area contributed by atoms with Crippen molar-refractivity contribution >= 4 is 0 Å². The molecule has 5 nitrogen and oxygen atoms in total. The molecule has 1 aliphatic carbocycles. The van der Waals surface area contributed by atoms with Gasteiger partial charge < -0.3 is 24.6 Å². The van der Waals surface area contributed by atoms with E-state index in [2.05, 4.69) is 5.32 Å². The van der Waals surface area contributed by atoms with Crippen LogP contribution in [-0.2, 0) is 4.74 Å². The lowest BCUT2D eigenvalue weighted by molar-refractivity contribution is 0.0957. The minimum absolute atomic E-state index is 0.244. The molecule has 1 aromatic rings. The van der Waals surface area contributed by atoms with Crippen LogP contribution >= 0.6 is 0 Å². The van der Waals surface area contributed by atoms with Crippen LogP contribution in [0.15, 0.2) is 24.3 Å². The minimum Gasteiger partial charge on any atom is -0.493 e. The molecule has 0 aliphatic heterocycles. The van der Waals surface area contributed by atoms with Crippen LogP contribution in [0, 0.1) is 0 Å². The Labute approximate surface area is 126 Å². The molecule has 1 aromatic carbocycles. The monoisotopic (exact) mass is 295 g/mol. The Balaban J connectivity index is 1.69. The smallest absolute Gasteiger partial charge is 0.161 e. The molecule has 118 valence electrons. The van der Waals surface area contributed by atoms with Crippen LogP contribution in [0.1, 0.15) is 19.3 Å². The summed E-state index contributed by atoms with van der Waals surface area (Å²) >= 11 is 0. The molecule has 2 rings (SSSR count). The molecular formula is C16H25NO4. The third kappa shape index (κ3) is 4.88. The third-order valence-corrected chi connectivity index (χ3v) is 3.86. The fraction of sp³-hybridized carbons (Fsp3) is 0.625. The second kappa shape index (κ2) is 8.22. The van der Waals surface area contributed by atoms with E-state index in [1.807, 2.05) is 24.3 Å². The van der Waals surface area contributed by atoms with Crippen LogP contribution < -0.4 is 14.8 Å². The molecule has 0 bridgehead atoms. The highest BCUT2D eigenvalue weighted by Gasteiger charge is 2.24. The van der Waals surface area contributed by atoms with Gasteiger partial charge in [0.2, 0.25) is 0 Å². The molecule has 3 atom stereocenters. The maximum Gasteiger partial charge on any atom is 0.161 e. The third-order valence-electron chi connectivity index (χ3n) is 3.86. The summed E-state index contributed by atoms with van der Waals surface area (Å²) in [6.45, 7) is 0.768. The predicted molar refractivity (Wildman–Crippen MR) is 80.9 cm³/mol. The van der Waals surface area contributed by atoms with Crippen LogP contribution in [0.2, 0.25) is 0 Å². The molecule has 21 heavy (non-hydrogen) atoms. The molecule has 2 N–H and O–H groups in total. The normalized spacial score (nSPS) is 23.0. The molecule has 0 amide bonds. The first kappa shape index (κ1) is 16.1. The lowest BCUT2D eigenvalue weighted by atomic mass is 10.2. The molecule has 0 aromatic heterocycles. The molecule has 0 spiro atoms. The maximum absolute atomic E-state index is 10.00. The zero-order valence-corrected chi connectivity index (χ0v) is 12.7. The lowest BCUT2D eigenvalue weighted by Crippen LogP contribution is -2.37. The van der Waals surface area contributed by atoms with Gasteiger partial charge in [-0.05, 0) is 31.4 Å². The van der Waals surface area contributed by atoms with Crippen molar-refractivity contribution in [2.75, 3.05) is 27.4 Å². The summed E-state index contributed by atoms with van der Waals surface area (Å²) in [5.41, 5.74) is 0. The number of ether oxygens (including phenoxy) is 3. The van der Waals surface area contributed by atoms with E-state index in [-0.39, 0.29) is 6.61 Å². The fourth-order valence-electron chi connectivity index (χ4n) is 2.63. The summed E-state index contributed by atoms with van der Waals surface area (Å²) in [5.74, 6) is 1.33. The Morgan fingerprint density at radius 2 is 2.00 bits per heavy atom. The van der Waals surface area contributed by atoms with Crippen LogP contribution in [-0.4, -0.2) is 50.7 Å². The summed E-state index contributed by atoms with van der Waals surface area (Å²) in [6, 6.07) is 7.86. The van der Waals surface area contributed by atoms with Crippen LogP contribution in [0.25, 0.3) is 0 Å². The first-order valence-corrected chi connectivity index (χ1v) is 7.43. The molecule has 3 unspecified atom stereocenters. The van der Waals surface area contributed by atoms with Crippen molar-refractivity contribution in [3.63, 3.8) is 0 Å². The van der Waals surface area contributed by atoms with Crippen molar-refractivity contribution in [2.24, 2.45) is 0 Å². The lowest BCUT2D eigenvalue weighted by Gasteiger charge is -2.18. The van der Waals surface area contributed by atoms with Crippen molar-refractivity contribution < 1.29 is 19.3 Å². The van der Waals surface area contributed by atoms with Crippen molar-refractivity contribution in [1.29, 1.82) is 0 Å². The number of hydrogen-bond donors (Lipinski definition) is 2. The predicted octanol–water partition coefficient (Wildman–Crippen LogP) is 1.59. The Morgan fingerprint density at radius 3 is 2.67 bits per heavy atom. The largest absolute Gasteiger partial charge is 0.493 e. The molecule has 1 fully saturated rings. The second-order valence-electron chi connectivity index (χ2n) is 5.39. The standard InChI is InChI=1S/C16H25NO4/c1-19-14-8-7-12(9-14)17-10-13(18)11-21-16-6-4-3-5-15(16)20-2/h3-6,12-14,17-18H,7-11H2,1-2H3. The van der Waals surface area contributed by atoms with E-state index in [1.165, 1.54) is 0 Å². The molecule has 0 radical (unpaired) electrons. The van der Waals surface area contributed by atoms with Crippen molar-refractivity contribution in [2.45, 2.75) is 37.5 Å². The highest BCUT2D eigenvalue weighted by molar-refractivity contribution is 5.39. The van der Waals surface area contributed by atoms with Gasteiger partial charge in [-0.1, -0.05) is 12.1 Å². The van der Waals surface area contributed by atoms with Gasteiger partial charge in [-0.15, -0.1) is 0 Å². The van der Waals surface area contributed by atoms with Gasteiger partial charge in [0.1, 0.15) is 12.7 Å². The summed E-state index contributed by atoms with van der Waals surface area (Å²) < 4.78 is 16.2. The summed E-state index contributed by atoms with van der Waals surface area (Å²) in [7, 11) is 3.36. The van der Waals surface area contributed by atoms with Gasteiger partial charge in [-0.2, -0.15) is 0 Å². The SMILES string of the molecule is COc1ccccc1OCC(O)CNC1CCC(OC)C1. The number of para-hydroxylation sites is 2. The molecule has 0 saturated heterocycles. The van der Waals surface area contributed by atoms with Crippen LogP contribution in [0.4, 0.5) is 0 Å². The van der Waals surface area contributed by atoms with E-state index in [0.717, 1.165) is 19.3 Å². The number of aliphatic hydroxyl groups excluding tert-OH is 1. The highest BCUT2D eigenvalue weighted by Crippen LogP contribution is 2.25. The van der Waals surface area contributed by atoms with Gasteiger partial charge >= 0.3 is 0 Å². The van der Waals surface area contributed by atoms with Gasteiger partial charge in [0.05, 0.1) is 13.2 Å². The van der Waals surface area contributed by atoms with E-state index in [4.69, 9.17) is 14.2 Å². The Hall–Kier alpha value is -1.30. The van der Waals surface area contributed by atoms with Crippen LogP contribution in [0.5, 0.6) is 11.5 Å². The van der Waals surface area contributed by atoms with E-state index in [1.54, 1.807) is 14.2 Å². The zero-order valence-electron chi connectivity index (χ0n) is 12.7. The van der Waals surface area contributed by atoms with Gasteiger partial charge in [0.15, 0.2) is 11.5 Å². The number of rotatable bonds is 8. The van der Waals surface area contributed by atoms with Gasteiger partial charge in [-0.3, -0.25) is 0 Å². The second-order valence-corrected chi connectivity index (χ2v) is 5.39. The average molecular weight is 295 g/mol. The average Bonchev–Trinajstić information content (AvgIpc) is 2.99. The zero-order chi connectivity index (χ0) is 15.1. The molecule has 5 heteroatoms. The maximum atomic E-state index is 10.00. The summed E-state index contributed by atoms with van der Waals surface area (Å²) in [5, 5.41) is 13.4. The van der Waals surface area contributed by atoms with Gasteiger partial charge in [-0.25, -0.2) is 0 Å². The highest BCUT2D eigenvalue weighted by atomic mass is 16.5. The number of benzene rings is 1. The number of nitrogens with one attached hydrogen (secondary N) is 1. The number of methoxy groups -OCH3 is 2. The topological polar surface area (TPSA) is 60.0 Å². The van der Waals surface area contributed by atoms with E-state index in [0.29, 0.717) is 30.2 Å². The minimum atomic E-state index is -0.545. The van der Waals surface area contributed by atoms with Crippen molar-refractivity contribution in [3.05, 3.63) is 24.3 Å². The van der Waals surface area contributed by atoms with Crippen molar-refractivity contribution in [3.8, 4) is 11.5 Å². The molecule has 0 heterocycles. The summed E-state index contributed by atoms with van der Waals surface area (Å²) in [4.78, 5) is 0.